The fourth-order valence-electron chi connectivity index (χ4n) is 3.04. The lowest BCUT2D eigenvalue weighted by Crippen LogP contribution is -2.36. The normalized spacial score (nSPS) is 11.6. The number of fused-ring (bicyclic) bond motifs is 1. The molecule has 3 aromatic heterocycles. The lowest BCUT2D eigenvalue weighted by molar-refractivity contribution is 0.415. The fourth-order valence-corrected chi connectivity index (χ4v) is 4.00. The van der Waals surface area contributed by atoms with E-state index in [1.54, 1.807) is 18.4 Å². The lowest BCUT2D eigenvalue weighted by Gasteiger charge is -2.10. The van der Waals surface area contributed by atoms with Crippen molar-refractivity contribution < 1.29 is 4.74 Å². The molecule has 0 atom stereocenters. The number of ether oxygens (including phenoxy) is 1. The average Bonchev–Trinajstić information content (AvgIpc) is 3.43. The molecular formula is C22H24N6OS. The number of pyridine rings is 1. The Hall–Kier alpha value is -3.39. The van der Waals surface area contributed by atoms with E-state index in [1.807, 2.05) is 40.9 Å². The second-order valence-electron chi connectivity index (χ2n) is 6.59. The Balaban J connectivity index is 1.41. The molecule has 0 saturated carbocycles. The highest BCUT2D eigenvalue weighted by Crippen LogP contribution is 2.29. The summed E-state index contributed by atoms with van der Waals surface area (Å²) in [5.74, 6) is 2.43. The molecule has 4 rings (SSSR count). The van der Waals surface area contributed by atoms with Crippen LogP contribution in [0.3, 0.4) is 0 Å². The third-order valence-corrected chi connectivity index (χ3v) is 5.71. The molecule has 2 N–H and O–H groups in total. The molecule has 30 heavy (non-hydrogen) atoms. The molecule has 0 spiro atoms. The van der Waals surface area contributed by atoms with Crippen molar-refractivity contribution in [2.75, 3.05) is 13.7 Å². The van der Waals surface area contributed by atoms with Crippen molar-refractivity contribution in [2.24, 2.45) is 4.99 Å². The zero-order valence-electron chi connectivity index (χ0n) is 17.0. The summed E-state index contributed by atoms with van der Waals surface area (Å²) in [6.07, 6.45) is 1.95. The molecule has 0 aliphatic carbocycles. The molecule has 0 saturated heterocycles. The first-order valence-electron chi connectivity index (χ1n) is 9.81. The Morgan fingerprint density at radius 2 is 1.93 bits per heavy atom. The molecule has 4 aromatic rings. The van der Waals surface area contributed by atoms with Crippen LogP contribution in [0.25, 0.3) is 16.1 Å². The Kier molecular flexibility index (Phi) is 6.24. The number of hydrogen-bond donors (Lipinski definition) is 2. The van der Waals surface area contributed by atoms with E-state index in [0.29, 0.717) is 13.1 Å². The second kappa shape index (κ2) is 9.41. The van der Waals surface area contributed by atoms with Gasteiger partial charge in [-0.2, -0.15) is 0 Å². The van der Waals surface area contributed by atoms with Gasteiger partial charge in [-0.05, 0) is 61.0 Å². The standard InChI is InChI=1S/C22H24N6OS/c1-3-23-22(25-15-21-27-26-20-6-4-5-13-28(20)21)24-14-18-11-12-19(30-18)16-7-9-17(29-2)10-8-16/h4-13H,3,14-15H2,1-2H3,(H2,23,24,25). The molecule has 0 radical (unpaired) electrons. The van der Waals surface area contributed by atoms with Crippen LogP contribution in [0.5, 0.6) is 5.75 Å². The van der Waals surface area contributed by atoms with Gasteiger partial charge < -0.3 is 15.4 Å². The van der Waals surface area contributed by atoms with Crippen LogP contribution in [-0.2, 0) is 13.1 Å². The zero-order chi connectivity index (χ0) is 20.8. The minimum atomic E-state index is 0.446. The number of hydrogen-bond acceptors (Lipinski definition) is 5. The Morgan fingerprint density at radius 3 is 2.73 bits per heavy atom. The van der Waals surface area contributed by atoms with E-state index >= 15 is 0 Å². The van der Waals surface area contributed by atoms with Crippen molar-refractivity contribution >= 4 is 22.9 Å². The van der Waals surface area contributed by atoms with E-state index in [9.17, 15) is 0 Å². The number of rotatable bonds is 7. The van der Waals surface area contributed by atoms with Crippen LogP contribution in [0.2, 0.25) is 0 Å². The molecule has 7 nitrogen and oxygen atoms in total. The average molecular weight is 421 g/mol. The maximum atomic E-state index is 5.23. The number of methoxy groups -OCH3 is 1. The molecule has 8 heteroatoms. The van der Waals surface area contributed by atoms with Gasteiger partial charge in [-0.15, -0.1) is 21.5 Å². The summed E-state index contributed by atoms with van der Waals surface area (Å²) < 4.78 is 7.19. The maximum Gasteiger partial charge on any atom is 0.191 e. The molecular weight excluding hydrogens is 396 g/mol. The summed E-state index contributed by atoms with van der Waals surface area (Å²) in [5, 5.41) is 15.1. The molecule has 3 heterocycles. The zero-order valence-corrected chi connectivity index (χ0v) is 17.8. The third kappa shape index (κ3) is 4.60. The smallest absolute Gasteiger partial charge is 0.191 e. The van der Waals surface area contributed by atoms with Crippen molar-refractivity contribution in [3.63, 3.8) is 0 Å². The van der Waals surface area contributed by atoms with Crippen molar-refractivity contribution in [3.05, 3.63) is 71.5 Å². The third-order valence-electron chi connectivity index (χ3n) is 4.57. The fraction of sp³-hybridized carbons (Fsp3) is 0.227. The Labute approximate surface area is 179 Å². The van der Waals surface area contributed by atoms with Gasteiger partial charge in [0, 0.05) is 22.5 Å². The van der Waals surface area contributed by atoms with Gasteiger partial charge in [0.2, 0.25) is 0 Å². The predicted molar refractivity (Wildman–Crippen MR) is 121 cm³/mol. The summed E-state index contributed by atoms with van der Waals surface area (Å²) in [5.41, 5.74) is 2.01. The Bertz CT molecular complexity index is 1130. The van der Waals surface area contributed by atoms with Crippen LogP contribution in [-0.4, -0.2) is 34.2 Å². The number of aliphatic imine (C=N–C) groups is 1. The van der Waals surface area contributed by atoms with Crippen LogP contribution < -0.4 is 15.4 Å². The van der Waals surface area contributed by atoms with Gasteiger partial charge in [0.15, 0.2) is 17.4 Å². The van der Waals surface area contributed by atoms with Crippen LogP contribution in [0.4, 0.5) is 0 Å². The SMILES string of the molecule is CCNC(=NCc1nnc2ccccn12)NCc1ccc(-c2ccc(OC)cc2)s1. The Morgan fingerprint density at radius 1 is 1.07 bits per heavy atom. The molecule has 1 aromatic carbocycles. The van der Waals surface area contributed by atoms with Gasteiger partial charge in [0.25, 0.3) is 0 Å². The largest absolute Gasteiger partial charge is 0.497 e. The molecule has 154 valence electrons. The van der Waals surface area contributed by atoms with Crippen molar-refractivity contribution in [3.8, 4) is 16.2 Å². The van der Waals surface area contributed by atoms with Gasteiger partial charge in [0.1, 0.15) is 12.3 Å². The first-order valence-corrected chi connectivity index (χ1v) is 10.6. The quantitative estimate of drug-likeness (QED) is 0.352. The number of benzene rings is 1. The van der Waals surface area contributed by atoms with Gasteiger partial charge in [-0.3, -0.25) is 4.40 Å². The summed E-state index contributed by atoms with van der Waals surface area (Å²) in [4.78, 5) is 7.13. The second-order valence-corrected chi connectivity index (χ2v) is 7.76. The van der Waals surface area contributed by atoms with E-state index in [-0.39, 0.29) is 0 Å². The molecule has 0 fully saturated rings. The topological polar surface area (TPSA) is 75.8 Å². The van der Waals surface area contributed by atoms with Crippen molar-refractivity contribution in [2.45, 2.75) is 20.0 Å². The van der Waals surface area contributed by atoms with Crippen LogP contribution in [0.15, 0.2) is 65.8 Å². The summed E-state index contributed by atoms with van der Waals surface area (Å²) in [7, 11) is 1.68. The highest BCUT2D eigenvalue weighted by atomic mass is 32.1. The highest BCUT2D eigenvalue weighted by molar-refractivity contribution is 7.15. The van der Waals surface area contributed by atoms with E-state index in [4.69, 9.17) is 4.74 Å². The van der Waals surface area contributed by atoms with Crippen LogP contribution >= 0.6 is 11.3 Å². The number of guanidine groups is 1. The monoisotopic (exact) mass is 420 g/mol. The van der Waals surface area contributed by atoms with E-state index in [0.717, 1.165) is 29.7 Å². The number of nitrogens with zero attached hydrogens (tertiary/aromatic N) is 4. The van der Waals surface area contributed by atoms with Crippen LogP contribution in [0, 0.1) is 0 Å². The van der Waals surface area contributed by atoms with Crippen molar-refractivity contribution in [1.82, 2.24) is 25.2 Å². The minimum absolute atomic E-state index is 0.446. The number of nitrogens with one attached hydrogen (secondary N) is 2. The molecule has 0 aliphatic heterocycles. The predicted octanol–water partition coefficient (Wildman–Crippen LogP) is 3.72. The van der Waals surface area contributed by atoms with E-state index < -0.39 is 0 Å². The number of thiophene rings is 1. The summed E-state index contributed by atoms with van der Waals surface area (Å²) in [6.45, 7) is 3.99. The van der Waals surface area contributed by atoms with Gasteiger partial charge in [-0.1, -0.05) is 6.07 Å². The van der Waals surface area contributed by atoms with Gasteiger partial charge in [0.05, 0.1) is 13.7 Å². The lowest BCUT2D eigenvalue weighted by atomic mass is 10.2. The van der Waals surface area contributed by atoms with E-state index in [1.165, 1.54) is 15.3 Å². The highest BCUT2D eigenvalue weighted by Gasteiger charge is 2.07. The molecule has 0 unspecified atom stereocenters. The van der Waals surface area contributed by atoms with Gasteiger partial charge >= 0.3 is 0 Å². The van der Waals surface area contributed by atoms with Crippen LogP contribution in [0.1, 0.15) is 17.6 Å². The van der Waals surface area contributed by atoms with Gasteiger partial charge in [-0.25, -0.2) is 4.99 Å². The maximum absolute atomic E-state index is 5.23. The summed E-state index contributed by atoms with van der Waals surface area (Å²) in [6, 6.07) is 18.3. The molecule has 0 aliphatic rings. The molecule has 0 amide bonds. The first-order chi connectivity index (χ1) is 14.8. The van der Waals surface area contributed by atoms with Crippen molar-refractivity contribution in [1.29, 1.82) is 0 Å². The molecule has 0 bridgehead atoms. The first kappa shape index (κ1) is 19.9. The minimum Gasteiger partial charge on any atom is -0.497 e. The van der Waals surface area contributed by atoms with E-state index in [2.05, 4.69) is 57.0 Å². The number of aromatic nitrogens is 3. The summed E-state index contributed by atoms with van der Waals surface area (Å²) >= 11 is 1.76.